The highest BCUT2D eigenvalue weighted by molar-refractivity contribution is 9.12. The number of rotatable bonds is 7. The van der Waals surface area contributed by atoms with Crippen molar-refractivity contribution in [3.05, 3.63) is 69.8 Å². The number of carbonyl (C=O) groups is 4. The average Bonchev–Trinajstić information content (AvgIpc) is 3.51. The van der Waals surface area contributed by atoms with Crippen LogP contribution >= 0.6 is 31.9 Å². The Morgan fingerprint density at radius 1 is 1.03 bits per heavy atom. The molecule has 6 atom stereocenters. The highest BCUT2D eigenvalue weighted by Crippen LogP contribution is 2.60. The highest BCUT2D eigenvalue weighted by Gasteiger charge is 2.67. The van der Waals surface area contributed by atoms with Gasteiger partial charge in [0.15, 0.2) is 5.78 Å². The molecule has 0 aromatic heterocycles. The lowest BCUT2D eigenvalue weighted by Crippen LogP contribution is -2.52. The molecule has 3 aliphatic rings. The maximum absolute atomic E-state index is 13.7. The summed E-state index contributed by atoms with van der Waals surface area (Å²) in [5, 5.41) is 12.9. The Morgan fingerprint density at radius 2 is 1.62 bits per heavy atom. The summed E-state index contributed by atoms with van der Waals surface area (Å²) in [7, 11) is 1.45. The van der Waals surface area contributed by atoms with Crippen LogP contribution in [0.3, 0.4) is 0 Å². The molecule has 2 aromatic rings. The number of nitro benzene ring substituents is 1. The predicted octanol–water partition coefficient (Wildman–Crippen LogP) is 3.62. The van der Waals surface area contributed by atoms with Gasteiger partial charge in [-0.2, -0.15) is 5.01 Å². The molecule has 0 N–H and O–H groups in total. The Bertz CT molecular complexity index is 1300. The summed E-state index contributed by atoms with van der Waals surface area (Å²) < 4.78 is 5.17. The van der Waals surface area contributed by atoms with Gasteiger partial charge in [0, 0.05) is 32.9 Å². The number of nitro groups is 1. The number of ketones is 1. The van der Waals surface area contributed by atoms with Crippen LogP contribution in [0.25, 0.3) is 0 Å². The zero-order chi connectivity index (χ0) is 26.6. The van der Waals surface area contributed by atoms with Gasteiger partial charge in [-0.1, -0.05) is 50.1 Å². The number of ether oxygens (including phenoxy) is 1. The van der Waals surface area contributed by atoms with Gasteiger partial charge in [-0.15, -0.1) is 0 Å². The number of Topliss-reactive ketones (excluding diaryl/α,β-unsaturated/α-hetero) is 1. The van der Waals surface area contributed by atoms with Crippen molar-refractivity contribution in [3.63, 3.8) is 0 Å². The van der Waals surface area contributed by atoms with E-state index in [1.807, 2.05) is 0 Å². The third-order valence-electron chi connectivity index (χ3n) is 7.43. The van der Waals surface area contributed by atoms with Gasteiger partial charge in [-0.3, -0.25) is 29.3 Å². The summed E-state index contributed by atoms with van der Waals surface area (Å²) in [5.74, 6) is -3.45. The molecular formula is C25H21Br2N3O7. The molecule has 10 nitrogen and oxygen atoms in total. The standard InChI is InChI=1S/C25H21Br2N3O7/c1-37-15-7-3-4-12(9-15)18(31)11-28(23(32)13-5-2-6-14(8-13)30(35)36)29-24(33)19-16-10-17(20(19)25(29)34)22(27)21(16)26/h2-9,16-17,19-22H,10-11H2,1H3/t16-,17-,19-,20+,21+,22+/m1/s1. The Morgan fingerprint density at radius 3 is 2.22 bits per heavy atom. The number of alkyl halides is 2. The summed E-state index contributed by atoms with van der Waals surface area (Å²) in [6.07, 6.45) is 0.702. The number of methoxy groups -OCH3 is 1. The van der Waals surface area contributed by atoms with E-state index in [-0.39, 0.29) is 38.3 Å². The van der Waals surface area contributed by atoms with E-state index in [4.69, 9.17) is 4.74 Å². The molecular weight excluding hydrogens is 614 g/mol. The minimum Gasteiger partial charge on any atom is -0.497 e. The minimum atomic E-state index is -0.861. The van der Waals surface area contributed by atoms with E-state index in [9.17, 15) is 29.3 Å². The van der Waals surface area contributed by atoms with Crippen molar-refractivity contribution in [3.8, 4) is 5.75 Å². The van der Waals surface area contributed by atoms with Gasteiger partial charge < -0.3 is 4.74 Å². The molecule has 12 heteroatoms. The van der Waals surface area contributed by atoms with E-state index < -0.39 is 46.8 Å². The Kier molecular flexibility index (Phi) is 6.65. The predicted molar refractivity (Wildman–Crippen MR) is 137 cm³/mol. The van der Waals surface area contributed by atoms with Crippen LogP contribution in [-0.4, -0.2) is 61.8 Å². The number of benzene rings is 2. The SMILES string of the molecule is COc1cccc(C(=O)CN(C(=O)c2cccc([N+](=O)[O-])c2)N2C(=O)[C@@H]3[C@H]4C[C@@H]([C@H](Br)[C@H]4Br)[C@@H]3C2=O)c1. The molecule has 0 spiro atoms. The number of fused-ring (bicyclic) bond motifs is 5. The minimum absolute atomic E-state index is 0.00482. The first-order chi connectivity index (χ1) is 17.6. The number of amides is 3. The van der Waals surface area contributed by atoms with E-state index in [1.165, 1.54) is 37.4 Å². The Balaban J connectivity index is 1.53. The molecule has 1 heterocycles. The van der Waals surface area contributed by atoms with Crippen molar-refractivity contribution in [2.24, 2.45) is 23.7 Å². The van der Waals surface area contributed by atoms with Crippen LogP contribution in [0.5, 0.6) is 5.75 Å². The molecule has 0 radical (unpaired) electrons. The van der Waals surface area contributed by atoms with Crippen LogP contribution < -0.4 is 4.74 Å². The third kappa shape index (κ3) is 4.15. The lowest BCUT2D eigenvalue weighted by atomic mass is 9.81. The smallest absolute Gasteiger partial charge is 0.273 e. The number of carbonyl (C=O) groups excluding carboxylic acids is 4. The molecule has 2 aliphatic carbocycles. The third-order valence-corrected chi connectivity index (χ3v) is 10.6. The van der Waals surface area contributed by atoms with Gasteiger partial charge in [0.2, 0.25) is 0 Å². The molecule has 192 valence electrons. The molecule has 2 aromatic carbocycles. The van der Waals surface area contributed by atoms with Gasteiger partial charge in [0.1, 0.15) is 12.3 Å². The number of imide groups is 1. The second kappa shape index (κ2) is 9.64. The number of nitrogens with zero attached hydrogens (tertiary/aromatic N) is 3. The molecule has 3 amide bonds. The number of hydrazine groups is 1. The second-order valence-electron chi connectivity index (χ2n) is 9.32. The summed E-state index contributed by atoms with van der Waals surface area (Å²) in [4.78, 5) is 64.9. The van der Waals surface area contributed by atoms with Crippen LogP contribution in [0.2, 0.25) is 0 Å². The van der Waals surface area contributed by atoms with Gasteiger partial charge in [-0.05, 0) is 36.5 Å². The van der Waals surface area contributed by atoms with Crippen LogP contribution in [0.4, 0.5) is 5.69 Å². The maximum Gasteiger partial charge on any atom is 0.273 e. The lowest BCUT2D eigenvalue weighted by molar-refractivity contribution is -0.384. The van der Waals surface area contributed by atoms with Crippen molar-refractivity contribution in [1.82, 2.24) is 10.0 Å². The van der Waals surface area contributed by atoms with Gasteiger partial charge >= 0.3 is 0 Å². The number of non-ortho nitro benzene ring substituents is 1. The molecule has 2 bridgehead atoms. The first-order valence-electron chi connectivity index (χ1n) is 11.5. The summed E-state index contributed by atoms with van der Waals surface area (Å²) in [5.41, 5.74) is -0.232. The van der Waals surface area contributed by atoms with E-state index in [0.29, 0.717) is 12.2 Å². The topological polar surface area (TPSA) is 127 Å². The first-order valence-corrected chi connectivity index (χ1v) is 13.4. The number of hydrogen-bond acceptors (Lipinski definition) is 7. The summed E-state index contributed by atoms with van der Waals surface area (Å²) in [6, 6.07) is 11.3. The van der Waals surface area contributed by atoms with Crippen molar-refractivity contribution >= 4 is 61.1 Å². The van der Waals surface area contributed by atoms with Gasteiger partial charge in [-0.25, -0.2) is 5.01 Å². The fourth-order valence-corrected chi connectivity index (χ4v) is 7.60. The number of halogens is 2. The fourth-order valence-electron chi connectivity index (χ4n) is 5.73. The number of hydrogen-bond donors (Lipinski definition) is 0. The molecule has 1 aliphatic heterocycles. The monoisotopic (exact) mass is 633 g/mol. The lowest BCUT2D eigenvalue weighted by Gasteiger charge is -2.30. The first kappa shape index (κ1) is 25.5. The van der Waals surface area contributed by atoms with Crippen LogP contribution in [-0.2, 0) is 9.59 Å². The largest absolute Gasteiger partial charge is 0.497 e. The molecule has 3 fully saturated rings. The Hall–Kier alpha value is -3.12. The van der Waals surface area contributed by atoms with E-state index in [2.05, 4.69) is 31.9 Å². The van der Waals surface area contributed by atoms with Crippen molar-refractivity contribution in [1.29, 1.82) is 0 Å². The second-order valence-corrected chi connectivity index (χ2v) is 11.4. The van der Waals surface area contributed by atoms with Gasteiger partial charge in [0.05, 0.1) is 23.9 Å². The maximum atomic E-state index is 13.7. The molecule has 5 rings (SSSR count). The van der Waals surface area contributed by atoms with E-state index in [0.717, 1.165) is 16.1 Å². The van der Waals surface area contributed by atoms with Crippen molar-refractivity contribution in [2.75, 3.05) is 13.7 Å². The molecule has 2 saturated carbocycles. The Labute approximate surface area is 228 Å². The molecule has 1 saturated heterocycles. The normalized spacial score (nSPS) is 27.8. The van der Waals surface area contributed by atoms with Crippen molar-refractivity contribution < 1.29 is 28.8 Å². The molecule has 0 unspecified atom stereocenters. The zero-order valence-corrected chi connectivity index (χ0v) is 22.6. The van der Waals surface area contributed by atoms with E-state index >= 15 is 0 Å². The van der Waals surface area contributed by atoms with E-state index in [1.54, 1.807) is 12.1 Å². The zero-order valence-electron chi connectivity index (χ0n) is 19.5. The highest BCUT2D eigenvalue weighted by atomic mass is 79.9. The van der Waals surface area contributed by atoms with Crippen LogP contribution in [0.15, 0.2) is 48.5 Å². The fraction of sp³-hybridized carbons (Fsp3) is 0.360. The molecule has 37 heavy (non-hydrogen) atoms. The summed E-state index contributed by atoms with van der Waals surface area (Å²) in [6.45, 7) is -0.615. The quantitative estimate of drug-likeness (QED) is 0.150. The average molecular weight is 635 g/mol. The van der Waals surface area contributed by atoms with Gasteiger partial charge in [0.25, 0.3) is 23.4 Å². The van der Waals surface area contributed by atoms with Crippen LogP contribution in [0.1, 0.15) is 27.1 Å². The summed E-state index contributed by atoms with van der Waals surface area (Å²) >= 11 is 7.27. The van der Waals surface area contributed by atoms with Crippen LogP contribution in [0, 0.1) is 33.8 Å². The van der Waals surface area contributed by atoms with Crippen molar-refractivity contribution in [2.45, 2.75) is 16.1 Å².